The summed E-state index contributed by atoms with van der Waals surface area (Å²) in [6.45, 7) is 3.09. The highest BCUT2D eigenvalue weighted by atomic mass is 19.1. The molecular weight excluding hydrogens is 400 g/mol. The second kappa shape index (κ2) is 8.85. The van der Waals surface area contributed by atoms with Crippen molar-refractivity contribution in [2.45, 2.75) is 51.6 Å². The van der Waals surface area contributed by atoms with Gasteiger partial charge in [-0.3, -0.25) is 9.98 Å². The molecule has 0 unspecified atom stereocenters. The summed E-state index contributed by atoms with van der Waals surface area (Å²) in [6, 6.07) is 2.51. The number of phenols is 2. The van der Waals surface area contributed by atoms with E-state index in [1.807, 2.05) is 0 Å². The average Bonchev–Trinajstić information content (AvgIpc) is 2.68. The van der Waals surface area contributed by atoms with Gasteiger partial charge < -0.3 is 10.2 Å². The third kappa shape index (κ3) is 4.63. The zero-order valence-corrected chi connectivity index (χ0v) is 16.6. The van der Waals surface area contributed by atoms with Gasteiger partial charge in [0.25, 0.3) is 0 Å². The van der Waals surface area contributed by atoms with Gasteiger partial charge in [-0.15, -0.1) is 0 Å². The first kappa shape index (κ1) is 21.8. The van der Waals surface area contributed by atoms with Crippen molar-refractivity contribution in [1.29, 1.82) is 0 Å². The van der Waals surface area contributed by atoms with Gasteiger partial charge in [0.1, 0.15) is 11.6 Å². The minimum atomic E-state index is -1.07. The lowest BCUT2D eigenvalue weighted by atomic mass is 9.90. The lowest BCUT2D eigenvalue weighted by Gasteiger charge is -2.27. The zero-order chi connectivity index (χ0) is 22.0. The number of aromatic hydroxyl groups is 2. The topological polar surface area (TPSA) is 65.2 Å². The van der Waals surface area contributed by atoms with E-state index in [-0.39, 0.29) is 34.6 Å². The molecule has 0 spiro atoms. The standard InChI is InChI=1S/C22H22F4N2O2/c1-11(15-7-13(23)9-17(25)21(15)29)27-19-5-3-4-6-20(19)28-12(2)16-8-14(24)10-18(26)22(16)30/h7-10,19-20,29-30H,3-6H2,1-2H3/t19-,20-/m1/s1. The third-order valence-electron chi connectivity index (χ3n) is 5.25. The molecule has 3 rings (SSSR count). The quantitative estimate of drug-likeness (QED) is 0.520. The van der Waals surface area contributed by atoms with Crippen LogP contribution < -0.4 is 0 Å². The van der Waals surface area contributed by atoms with E-state index < -0.39 is 34.8 Å². The van der Waals surface area contributed by atoms with Gasteiger partial charge in [-0.1, -0.05) is 12.8 Å². The third-order valence-corrected chi connectivity index (χ3v) is 5.25. The molecule has 1 fully saturated rings. The summed E-state index contributed by atoms with van der Waals surface area (Å²) in [4.78, 5) is 9.08. The van der Waals surface area contributed by atoms with Gasteiger partial charge in [0.2, 0.25) is 0 Å². The van der Waals surface area contributed by atoms with Crippen LogP contribution in [-0.4, -0.2) is 33.7 Å². The fraction of sp³-hybridized carbons (Fsp3) is 0.364. The molecule has 2 aromatic carbocycles. The fourth-order valence-corrected chi connectivity index (χ4v) is 3.71. The largest absolute Gasteiger partial charge is 0.504 e. The summed E-state index contributed by atoms with van der Waals surface area (Å²) in [6.07, 6.45) is 3.05. The molecule has 30 heavy (non-hydrogen) atoms. The van der Waals surface area contributed by atoms with Crippen LogP contribution >= 0.6 is 0 Å². The first-order valence-electron chi connectivity index (χ1n) is 9.63. The first-order valence-corrected chi connectivity index (χ1v) is 9.63. The van der Waals surface area contributed by atoms with E-state index in [4.69, 9.17) is 0 Å². The molecule has 0 aromatic heterocycles. The molecule has 1 aliphatic rings. The number of nitrogens with zero attached hydrogens (tertiary/aromatic N) is 2. The van der Waals surface area contributed by atoms with Gasteiger partial charge in [-0.05, 0) is 38.8 Å². The Labute approximate surface area is 171 Å². The van der Waals surface area contributed by atoms with Gasteiger partial charge in [-0.2, -0.15) is 0 Å². The average molecular weight is 422 g/mol. The van der Waals surface area contributed by atoms with E-state index in [0.29, 0.717) is 25.0 Å². The summed E-state index contributed by atoms with van der Waals surface area (Å²) in [5, 5.41) is 19.8. The number of halogens is 4. The lowest BCUT2D eigenvalue weighted by molar-refractivity contribution is 0.387. The van der Waals surface area contributed by atoms with Crippen LogP contribution in [0.2, 0.25) is 0 Å². The Morgan fingerprint density at radius 3 is 1.47 bits per heavy atom. The zero-order valence-electron chi connectivity index (χ0n) is 16.6. The first-order chi connectivity index (χ1) is 14.2. The predicted molar refractivity (Wildman–Crippen MR) is 107 cm³/mol. The molecule has 0 saturated heterocycles. The number of aliphatic imine (C=N–C) groups is 2. The minimum absolute atomic E-state index is 0.0395. The molecule has 0 radical (unpaired) electrons. The maximum absolute atomic E-state index is 13.7. The minimum Gasteiger partial charge on any atom is -0.504 e. The van der Waals surface area contributed by atoms with E-state index in [1.54, 1.807) is 13.8 Å². The number of rotatable bonds is 4. The van der Waals surface area contributed by atoms with Gasteiger partial charge in [0, 0.05) is 34.7 Å². The summed E-state index contributed by atoms with van der Waals surface area (Å²) in [5.74, 6) is -5.15. The Kier molecular flexibility index (Phi) is 6.43. The van der Waals surface area contributed by atoms with Crippen molar-refractivity contribution in [3.8, 4) is 11.5 Å². The number of benzene rings is 2. The molecule has 8 heteroatoms. The van der Waals surface area contributed by atoms with Crippen molar-refractivity contribution in [2.75, 3.05) is 0 Å². The van der Waals surface area contributed by atoms with Crippen molar-refractivity contribution in [3.63, 3.8) is 0 Å². The van der Waals surface area contributed by atoms with Gasteiger partial charge >= 0.3 is 0 Å². The van der Waals surface area contributed by atoms with Crippen LogP contribution in [0.15, 0.2) is 34.3 Å². The van der Waals surface area contributed by atoms with Crippen molar-refractivity contribution in [1.82, 2.24) is 0 Å². The van der Waals surface area contributed by atoms with Crippen LogP contribution in [0.1, 0.15) is 50.7 Å². The highest BCUT2D eigenvalue weighted by Gasteiger charge is 2.26. The Hall–Kier alpha value is -2.90. The van der Waals surface area contributed by atoms with E-state index in [9.17, 15) is 27.8 Å². The van der Waals surface area contributed by atoms with Crippen molar-refractivity contribution >= 4 is 11.4 Å². The summed E-state index contributed by atoms with van der Waals surface area (Å²) in [5.41, 5.74) is 0.440. The van der Waals surface area contributed by atoms with E-state index >= 15 is 0 Å². The van der Waals surface area contributed by atoms with Crippen molar-refractivity contribution in [3.05, 3.63) is 58.7 Å². The van der Waals surface area contributed by atoms with Crippen molar-refractivity contribution < 1.29 is 27.8 Å². The summed E-state index contributed by atoms with van der Waals surface area (Å²) >= 11 is 0. The van der Waals surface area contributed by atoms with Crippen LogP contribution in [0, 0.1) is 23.3 Å². The Balaban J connectivity index is 1.94. The Bertz CT molecular complexity index is 939. The van der Waals surface area contributed by atoms with Crippen LogP contribution in [0.5, 0.6) is 11.5 Å². The molecule has 0 bridgehead atoms. The summed E-state index contributed by atoms with van der Waals surface area (Å²) < 4.78 is 54.5. The SMILES string of the molecule is CC(=N[C@@H]1CCCC[C@H]1N=C(C)c1cc(F)cc(F)c1O)c1cc(F)cc(F)c1O. The second-order valence-corrected chi connectivity index (χ2v) is 7.42. The van der Waals surface area contributed by atoms with Gasteiger partial charge in [-0.25, -0.2) is 17.6 Å². The predicted octanol–water partition coefficient (Wildman–Crippen LogP) is 5.28. The smallest absolute Gasteiger partial charge is 0.168 e. The fourth-order valence-electron chi connectivity index (χ4n) is 3.71. The number of hydrogen-bond acceptors (Lipinski definition) is 4. The normalized spacial score (nSPS) is 20.5. The molecule has 2 aromatic rings. The number of hydrogen-bond donors (Lipinski definition) is 2. The van der Waals surface area contributed by atoms with Gasteiger partial charge in [0.05, 0.1) is 12.1 Å². The Morgan fingerprint density at radius 2 is 1.10 bits per heavy atom. The van der Waals surface area contributed by atoms with E-state index in [2.05, 4.69) is 9.98 Å². The van der Waals surface area contributed by atoms with E-state index in [1.165, 1.54) is 0 Å². The monoisotopic (exact) mass is 422 g/mol. The molecule has 0 amide bonds. The highest BCUT2D eigenvalue weighted by molar-refractivity contribution is 6.02. The molecule has 160 valence electrons. The lowest BCUT2D eigenvalue weighted by Crippen LogP contribution is -2.29. The van der Waals surface area contributed by atoms with Crippen LogP contribution in [0.25, 0.3) is 0 Å². The maximum atomic E-state index is 13.7. The van der Waals surface area contributed by atoms with Crippen molar-refractivity contribution in [2.24, 2.45) is 9.98 Å². The molecule has 4 nitrogen and oxygen atoms in total. The molecule has 0 heterocycles. The second-order valence-electron chi connectivity index (χ2n) is 7.42. The molecule has 1 saturated carbocycles. The van der Waals surface area contributed by atoms with Crippen LogP contribution in [0.3, 0.4) is 0 Å². The molecule has 1 aliphatic carbocycles. The van der Waals surface area contributed by atoms with Gasteiger partial charge in [0.15, 0.2) is 23.1 Å². The molecule has 0 aliphatic heterocycles. The molecule has 2 atom stereocenters. The van der Waals surface area contributed by atoms with E-state index in [0.717, 1.165) is 25.0 Å². The molecule has 2 N–H and O–H groups in total. The molecular formula is C22H22F4N2O2. The number of phenolic OH excluding ortho intramolecular Hbond substituents is 2. The van der Waals surface area contributed by atoms with Crippen LogP contribution in [-0.2, 0) is 0 Å². The highest BCUT2D eigenvalue weighted by Crippen LogP contribution is 2.29. The maximum Gasteiger partial charge on any atom is 0.168 e. The van der Waals surface area contributed by atoms with Crippen LogP contribution in [0.4, 0.5) is 17.6 Å². The summed E-state index contributed by atoms with van der Waals surface area (Å²) in [7, 11) is 0. The Morgan fingerprint density at radius 1 is 0.733 bits per heavy atom.